The van der Waals surface area contributed by atoms with Crippen molar-refractivity contribution in [1.29, 1.82) is 0 Å². The standard InChI is InChI=1S/C15H14F3N3O3/c1-8(22)11-6-12(21-20-11)14(24)19-7-13(23)9-2-4-10(5-3-9)15(16,17)18/h2-6,13,23H,7H2,1H3,(H,19,24)(H,20,21)/t13-/m1/s1. The number of nitrogens with zero attached hydrogens (tertiary/aromatic N) is 1. The van der Waals surface area contributed by atoms with E-state index >= 15 is 0 Å². The molecule has 0 bridgehead atoms. The SMILES string of the molecule is CC(=O)c1cc(C(=O)NC[C@@H](O)c2ccc(C(F)(F)F)cc2)[nH]n1. The molecule has 0 aliphatic rings. The van der Waals surface area contributed by atoms with Gasteiger partial charge in [0.25, 0.3) is 5.91 Å². The molecule has 6 nitrogen and oxygen atoms in total. The summed E-state index contributed by atoms with van der Waals surface area (Å²) in [6.07, 6.45) is -5.63. The molecule has 0 spiro atoms. The zero-order chi connectivity index (χ0) is 17.9. The number of aliphatic hydroxyl groups is 1. The van der Waals surface area contributed by atoms with Gasteiger partial charge in [-0.2, -0.15) is 18.3 Å². The number of aliphatic hydroxyl groups excluding tert-OH is 1. The molecule has 9 heteroatoms. The van der Waals surface area contributed by atoms with Crippen molar-refractivity contribution in [1.82, 2.24) is 15.5 Å². The number of alkyl halides is 3. The van der Waals surface area contributed by atoms with Gasteiger partial charge in [0.2, 0.25) is 0 Å². The molecule has 0 fully saturated rings. The molecule has 1 aromatic heterocycles. The van der Waals surface area contributed by atoms with E-state index in [0.717, 1.165) is 24.3 Å². The molecule has 2 rings (SSSR count). The van der Waals surface area contributed by atoms with Crippen LogP contribution in [0.15, 0.2) is 30.3 Å². The van der Waals surface area contributed by atoms with Crippen LogP contribution in [0.5, 0.6) is 0 Å². The van der Waals surface area contributed by atoms with Crippen LogP contribution in [0.25, 0.3) is 0 Å². The molecule has 128 valence electrons. The molecule has 1 aromatic carbocycles. The molecular formula is C15H14F3N3O3. The van der Waals surface area contributed by atoms with Gasteiger partial charge in [-0.05, 0) is 23.8 Å². The van der Waals surface area contributed by atoms with Crippen molar-refractivity contribution in [2.45, 2.75) is 19.2 Å². The van der Waals surface area contributed by atoms with E-state index in [0.29, 0.717) is 0 Å². The summed E-state index contributed by atoms with van der Waals surface area (Å²) in [4.78, 5) is 22.9. The van der Waals surface area contributed by atoms with Crippen molar-refractivity contribution >= 4 is 11.7 Å². The van der Waals surface area contributed by atoms with Crippen LogP contribution in [-0.4, -0.2) is 33.5 Å². The van der Waals surface area contributed by atoms with Crippen molar-refractivity contribution in [2.75, 3.05) is 6.54 Å². The lowest BCUT2D eigenvalue weighted by molar-refractivity contribution is -0.137. The minimum atomic E-state index is -4.45. The van der Waals surface area contributed by atoms with Gasteiger partial charge in [-0.1, -0.05) is 12.1 Å². The third kappa shape index (κ3) is 4.19. The molecule has 2 aromatic rings. The molecular weight excluding hydrogens is 327 g/mol. The number of Topliss-reactive ketones (excluding diaryl/α,β-unsaturated/α-hetero) is 1. The third-order valence-corrected chi connectivity index (χ3v) is 3.26. The fourth-order valence-corrected chi connectivity index (χ4v) is 1.92. The maximum atomic E-state index is 12.5. The summed E-state index contributed by atoms with van der Waals surface area (Å²) in [5, 5.41) is 18.4. The minimum Gasteiger partial charge on any atom is -0.387 e. The number of hydrogen-bond donors (Lipinski definition) is 3. The second kappa shape index (κ2) is 6.83. The summed E-state index contributed by atoms with van der Waals surface area (Å²) in [5.41, 5.74) is -0.447. The number of amides is 1. The highest BCUT2D eigenvalue weighted by molar-refractivity contribution is 5.97. The van der Waals surface area contributed by atoms with Gasteiger partial charge in [-0.3, -0.25) is 14.7 Å². The maximum absolute atomic E-state index is 12.5. The van der Waals surface area contributed by atoms with Crippen LogP contribution < -0.4 is 5.32 Å². The Morgan fingerprint density at radius 1 is 1.29 bits per heavy atom. The first-order chi connectivity index (χ1) is 11.2. The van der Waals surface area contributed by atoms with Gasteiger partial charge in [0.05, 0.1) is 11.7 Å². The lowest BCUT2D eigenvalue weighted by atomic mass is 10.1. The third-order valence-electron chi connectivity index (χ3n) is 3.26. The summed E-state index contributed by atoms with van der Waals surface area (Å²) in [5.74, 6) is -0.906. The van der Waals surface area contributed by atoms with Crippen LogP contribution in [-0.2, 0) is 6.18 Å². The summed E-state index contributed by atoms with van der Waals surface area (Å²) in [6.45, 7) is 1.09. The Balaban J connectivity index is 1.95. The number of aromatic nitrogens is 2. The topological polar surface area (TPSA) is 95.1 Å². The lowest BCUT2D eigenvalue weighted by Crippen LogP contribution is -2.28. The molecule has 1 atom stereocenters. The van der Waals surface area contributed by atoms with Gasteiger partial charge >= 0.3 is 6.18 Å². The number of ketones is 1. The van der Waals surface area contributed by atoms with E-state index in [9.17, 15) is 27.9 Å². The molecule has 0 radical (unpaired) electrons. The van der Waals surface area contributed by atoms with E-state index in [1.54, 1.807) is 0 Å². The number of nitrogens with one attached hydrogen (secondary N) is 2. The highest BCUT2D eigenvalue weighted by Crippen LogP contribution is 2.29. The molecule has 0 aliphatic heterocycles. The van der Waals surface area contributed by atoms with Gasteiger partial charge in [-0.25, -0.2) is 0 Å². The van der Waals surface area contributed by atoms with Crippen LogP contribution in [0.1, 0.15) is 45.1 Å². The van der Waals surface area contributed by atoms with Crippen LogP contribution in [0.2, 0.25) is 0 Å². The van der Waals surface area contributed by atoms with E-state index < -0.39 is 23.8 Å². The molecule has 1 amide bonds. The van der Waals surface area contributed by atoms with E-state index in [2.05, 4.69) is 15.5 Å². The Morgan fingerprint density at radius 3 is 2.42 bits per heavy atom. The number of rotatable bonds is 5. The van der Waals surface area contributed by atoms with Crippen LogP contribution in [0.3, 0.4) is 0 Å². The average Bonchev–Trinajstić information content (AvgIpc) is 3.02. The summed E-state index contributed by atoms with van der Waals surface area (Å²) in [6, 6.07) is 5.26. The fraction of sp³-hybridized carbons (Fsp3) is 0.267. The van der Waals surface area contributed by atoms with Crippen molar-refractivity contribution in [3.63, 3.8) is 0 Å². The number of H-pyrrole nitrogens is 1. The molecule has 0 saturated carbocycles. The molecule has 0 aliphatic carbocycles. The van der Waals surface area contributed by atoms with Gasteiger partial charge in [0, 0.05) is 13.5 Å². The number of hydrogen-bond acceptors (Lipinski definition) is 4. The van der Waals surface area contributed by atoms with Crippen molar-refractivity contribution in [3.05, 3.63) is 52.8 Å². The molecule has 0 saturated heterocycles. The first-order valence-corrected chi connectivity index (χ1v) is 6.88. The van der Waals surface area contributed by atoms with Crippen molar-refractivity contribution in [2.24, 2.45) is 0 Å². The number of benzene rings is 1. The smallest absolute Gasteiger partial charge is 0.387 e. The van der Waals surface area contributed by atoms with Gasteiger partial charge in [0.1, 0.15) is 11.4 Å². The largest absolute Gasteiger partial charge is 0.416 e. The van der Waals surface area contributed by atoms with Crippen molar-refractivity contribution < 1.29 is 27.9 Å². The molecule has 3 N–H and O–H groups in total. The highest BCUT2D eigenvalue weighted by atomic mass is 19.4. The Morgan fingerprint density at radius 2 is 1.92 bits per heavy atom. The predicted molar refractivity (Wildman–Crippen MR) is 77.3 cm³/mol. The normalized spacial score (nSPS) is 12.7. The zero-order valence-corrected chi connectivity index (χ0v) is 12.5. The van der Waals surface area contributed by atoms with Gasteiger partial charge in [0.15, 0.2) is 5.78 Å². The van der Waals surface area contributed by atoms with Crippen LogP contribution in [0, 0.1) is 0 Å². The summed E-state index contributed by atoms with van der Waals surface area (Å²) in [7, 11) is 0. The first kappa shape index (κ1) is 17.7. The Bertz CT molecular complexity index is 738. The van der Waals surface area contributed by atoms with E-state index in [4.69, 9.17) is 0 Å². The Hall–Kier alpha value is -2.68. The maximum Gasteiger partial charge on any atom is 0.416 e. The Labute approximate surface area is 134 Å². The van der Waals surface area contributed by atoms with Crippen LogP contribution in [0.4, 0.5) is 13.2 Å². The quantitative estimate of drug-likeness (QED) is 0.726. The van der Waals surface area contributed by atoms with Gasteiger partial charge < -0.3 is 10.4 Å². The Kier molecular flexibility index (Phi) is 5.03. The number of carbonyl (C=O) groups is 2. The molecule has 24 heavy (non-hydrogen) atoms. The monoisotopic (exact) mass is 341 g/mol. The first-order valence-electron chi connectivity index (χ1n) is 6.88. The van der Waals surface area contributed by atoms with Crippen molar-refractivity contribution in [3.8, 4) is 0 Å². The van der Waals surface area contributed by atoms with Crippen LogP contribution >= 0.6 is 0 Å². The highest BCUT2D eigenvalue weighted by Gasteiger charge is 2.30. The number of aromatic amines is 1. The lowest BCUT2D eigenvalue weighted by Gasteiger charge is -2.13. The fourth-order valence-electron chi connectivity index (χ4n) is 1.92. The molecule has 1 heterocycles. The average molecular weight is 341 g/mol. The summed E-state index contributed by atoms with van der Waals surface area (Å²) >= 11 is 0. The second-order valence-corrected chi connectivity index (χ2v) is 5.07. The minimum absolute atomic E-state index is 0.0415. The number of carbonyl (C=O) groups excluding carboxylic acids is 2. The second-order valence-electron chi connectivity index (χ2n) is 5.07. The van der Waals surface area contributed by atoms with E-state index in [-0.39, 0.29) is 29.3 Å². The zero-order valence-electron chi connectivity index (χ0n) is 12.5. The molecule has 0 unspecified atom stereocenters. The number of halogens is 3. The van der Waals surface area contributed by atoms with E-state index in [1.165, 1.54) is 13.0 Å². The predicted octanol–water partition coefficient (Wildman–Crippen LogP) is 2.09. The summed E-state index contributed by atoms with van der Waals surface area (Å²) < 4.78 is 37.4. The van der Waals surface area contributed by atoms with E-state index in [1.807, 2.05) is 0 Å². The van der Waals surface area contributed by atoms with Gasteiger partial charge in [-0.15, -0.1) is 0 Å².